The van der Waals surface area contributed by atoms with Crippen molar-refractivity contribution < 1.29 is 9.32 Å². The Kier molecular flexibility index (Phi) is 16.5. The van der Waals surface area contributed by atoms with Crippen LogP contribution in [-0.4, -0.2) is 30.6 Å². The number of unbranched alkanes of at least 4 members (excludes halogenated alkanes) is 7. The zero-order valence-corrected chi connectivity index (χ0v) is 22.0. The standard InChI is InChI=1S/C26H55O2P/c1-7-13-18-19-24-29(21-15-9-3,22-16-10-4,23-17-11-5)28-26(27)25(12-6)20-14-8-2/h25H,7-24H2,1-6H3. The van der Waals surface area contributed by atoms with Crippen LogP contribution in [0.5, 0.6) is 0 Å². The fourth-order valence-electron chi connectivity index (χ4n) is 4.73. The van der Waals surface area contributed by atoms with Gasteiger partial charge in [0.1, 0.15) is 0 Å². The Morgan fingerprint density at radius 3 is 1.48 bits per heavy atom. The zero-order valence-electron chi connectivity index (χ0n) is 21.1. The Balaban J connectivity index is 5.86. The van der Waals surface area contributed by atoms with Crippen LogP contribution in [0.1, 0.15) is 131 Å². The fourth-order valence-corrected chi connectivity index (χ4v) is 11.5. The van der Waals surface area contributed by atoms with Crippen molar-refractivity contribution in [3.05, 3.63) is 0 Å². The summed E-state index contributed by atoms with van der Waals surface area (Å²) in [5.41, 5.74) is 0. The summed E-state index contributed by atoms with van der Waals surface area (Å²) in [6, 6.07) is 0. The summed E-state index contributed by atoms with van der Waals surface area (Å²) in [5, 5.41) is 0. The quantitative estimate of drug-likeness (QED) is 0.142. The second kappa shape index (κ2) is 16.6. The first kappa shape index (κ1) is 28.9. The number of hydrogen-bond donors (Lipinski definition) is 0. The van der Waals surface area contributed by atoms with Crippen molar-refractivity contribution in [3.8, 4) is 0 Å². The monoisotopic (exact) mass is 430 g/mol. The average Bonchev–Trinajstić information content (AvgIpc) is 2.73. The van der Waals surface area contributed by atoms with E-state index in [1.807, 2.05) is 0 Å². The Bertz CT molecular complexity index is 383. The average molecular weight is 431 g/mol. The van der Waals surface area contributed by atoms with Gasteiger partial charge in [-0.1, -0.05) is 0 Å². The Labute approximate surface area is 184 Å². The minimum absolute atomic E-state index is 0.108. The molecule has 0 bridgehead atoms. The first-order valence-corrected chi connectivity index (χ1v) is 16.1. The molecule has 0 radical (unpaired) electrons. The van der Waals surface area contributed by atoms with Crippen LogP contribution in [0.3, 0.4) is 0 Å². The van der Waals surface area contributed by atoms with E-state index in [9.17, 15) is 4.79 Å². The molecule has 29 heavy (non-hydrogen) atoms. The van der Waals surface area contributed by atoms with Gasteiger partial charge < -0.3 is 0 Å². The predicted molar refractivity (Wildman–Crippen MR) is 135 cm³/mol. The molecule has 3 heteroatoms. The third-order valence-electron chi connectivity index (χ3n) is 6.89. The first-order chi connectivity index (χ1) is 14.0. The van der Waals surface area contributed by atoms with Crippen LogP contribution in [-0.2, 0) is 9.32 Å². The molecule has 0 aromatic rings. The van der Waals surface area contributed by atoms with Gasteiger partial charge in [0.05, 0.1) is 0 Å². The molecule has 0 heterocycles. The normalized spacial score (nSPS) is 14.3. The van der Waals surface area contributed by atoms with E-state index in [2.05, 4.69) is 41.5 Å². The molecule has 1 unspecified atom stereocenters. The molecule has 2 nitrogen and oxygen atoms in total. The van der Waals surface area contributed by atoms with Gasteiger partial charge in [0, 0.05) is 0 Å². The van der Waals surface area contributed by atoms with Crippen LogP contribution in [0.4, 0.5) is 0 Å². The molecule has 0 aromatic carbocycles. The van der Waals surface area contributed by atoms with Gasteiger partial charge in [-0.15, -0.1) is 0 Å². The molecule has 0 spiro atoms. The van der Waals surface area contributed by atoms with Gasteiger partial charge in [-0.2, -0.15) is 0 Å². The van der Waals surface area contributed by atoms with Crippen LogP contribution >= 0.6 is 6.83 Å². The summed E-state index contributed by atoms with van der Waals surface area (Å²) in [6.45, 7) is 11.1. The molecule has 0 saturated heterocycles. The molecule has 0 amide bonds. The van der Waals surface area contributed by atoms with E-state index < -0.39 is 6.83 Å². The molecular formula is C26H55O2P. The molecule has 0 aliphatic rings. The fraction of sp³-hybridized carbons (Fsp3) is 0.962. The van der Waals surface area contributed by atoms with Crippen LogP contribution in [0.2, 0.25) is 0 Å². The topological polar surface area (TPSA) is 26.3 Å². The van der Waals surface area contributed by atoms with Gasteiger partial charge in [-0.05, 0) is 0 Å². The second-order valence-corrected chi connectivity index (χ2v) is 15.2. The van der Waals surface area contributed by atoms with Crippen molar-refractivity contribution >= 4 is 12.8 Å². The summed E-state index contributed by atoms with van der Waals surface area (Å²) in [4.78, 5) is 13.5. The molecule has 1 atom stereocenters. The van der Waals surface area contributed by atoms with Gasteiger partial charge >= 0.3 is 184 Å². The maximum atomic E-state index is 13.5. The molecule has 176 valence electrons. The van der Waals surface area contributed by atoms with Crippen LogP contribution in [0, 0.1) is 5.92 Å². The van der Waals surface area contributed by atoms with Gasteiger partial charge in [-0.25, -0.2) is 0 Å². The zero-order chi connectivity index (χ0) is 22.0. The van der Waals surface area contributed by atoms with E-state index in [0.717, 1.165) is 25.7 Å². The van der Waals surface area contributed by atoms with Crippen molar-refractivity contribution in [3.63, 3.8) is 0 Å². The summed E-state index contributed by atoms with van der Waals surface area (Å²) in [6.07, 6.45) is 21.4. The number of carbonyl (C=O) groups excluding carboxylic acids is 1. The summed E-state index contributed by atoms with van der Waals surface area (Å²) >= 11 is 0. The van der Waals surface area contributed by atoms with E-state index in [1.54, 1.807) is 0 Å². The second-order valence-electron chi connectivity index (χ2n) is 9.53. The van der Waals surface area contributed by atoms with E-state index in [1.165, 1.54) is 88.9 Å². The SMILES string of the molecule is CCCCCCP(CCCC)(CCCC)(CCCC)OC(=O)C(CC)CCCC. The van der Waals surface area contributed by atoms with Crippen LogP contribution in [0.25, 0.3) is 0 Å². The molecule has 0 aromatic heterocycles. The summed E-state index contributed by atoms with van der Waals surface area (Å²) < 4.78 is 6.95. The maximum absolute atomic E-state index is 13.5. The van der Waals surface area contributed by atoms with Crippen molar-refractivity contribution in [2.24, 2.45) is 5.92 Å². The molecule has 0 fully saturated rings. The van der Waals surface area contributed by atoms with Crippen LogP contribution in [0.15, 0.2) is 0 Å². The Morgan fingerprint density at radius 2 is 1.07 bits per heavy atom. The number of hydrogen-bond acceptors (Lipinski definition) is 2. The molecule has 0 N–H and O–H groups in total. The first-order valence-electron chi connectivity index (χ1n) is 13.2. The van der Waals surface area contributed by atoms with E-state index in [-0.39, 0.29) is 11.9 Å². The number of carbonyl (C=O) groups is 1. The molecule has 0 rings (SSSR count). The summed E-state index contributed by atoms with van der Waals surface area (Å²) in [7, 11) is 0. The third-order valence-corrected chi connectivity index (χ3v) is 13.4. The Morgan fingerprint density at radius 1 is 0.621 bits per heavy atom. The number of rotatable bonds is 20. The van der Waals surface area contributed by atoms with Crippen molar-refractivity contribution in [1.29, 1.82) is 0 Å². The van der Waals surface area contributed by atoms with Gasteiger partial charge in [-0.3, -0.25) is 0 Å². The molecule has 0 saturated carbocycles. The van der Waals surface area contributed by atoms with E-state index in [0.29, 0.717) is 0 Å². The molecular weight excluding hydrogens is 375 g/mol. The minimum atomic E-state index is -2.49. The van der Waals surface area contributed by atoms with Gasteiger partial charge in [0.25, 0.3) is 0 Å². The van der Waals surface area contributed by atoms with Gasteiger partial charge in [0.15, 0.2) is 0 Å². The molecule has 0 aliphatic carbocycles. The third kappa shape index (κ3) is 10.7. The van der Waals surface area contributed by atoms with Crippen molar-refractivity contribution in [1.82, 2.24) is 0 Å². The van der Waals surface area contributed by atoms with E-state index >= 15 is 0 Å². The van der Waals surface area contributed by atoms with Crippen LogP contribution < -0.4 is 0 Å². The van der Waals surface area contributed by atoms with E-state index in [4.69, 9.17) is 4.52 Å². The Hall–Kier alpha value is -0.100. The predicted octanol–water partition coefficient (Wildman–Crippen LogP) is 9.19. The molecule has 0 aliphatic heterocycles. The van der Waals surface area contributed by atoms with Gasteiger partial charge in [0.2, 0.25) is 0 Å². The van der Waals surface area contributed by atoms with Crippen molar-refractivity contribution in [2.75, 3.05) is 24.6 Å². The summed E-state index contributed by atoms with van der Waals surface area (Å²) in [5.74, 6) is 0.273. The van der Waals surface area contributed by atoms with Crippen molar-refractivity contribution in [2.45, 2.75) is 131 Å².